The molecule has 0 unspecified atom stereocenters. The maximum atomic E-state index is 10.3. The third-order valence-corrected chi connectivity index (χ3v) is 2.92. The molecular weight excluding hydrogens is 200 g/mol. The Kier molecular flexibility index (Phi) is 2.77. The highest BCUT2D eigenvalue weighted by atomic mass is 35.5. The lowest BCUT2D eigenvalue weighted by molar-refractivity contribution is -0.0679. The summed E-state index contributed by atoms with van der Waals surface area (Å²) in [7, 11) is 0. The second-order valence-corrected chi connectivity index (χ2v) is 4.09. The van der Waals surface area contributed by atoms with Crippen molar-refractivity contribution in [3.8, 4) is 0 Å². The van der Waals surface area contributed by atoms with Gasteiger partial charge >= 0.3 is 0 Å². The molecule has 0 atom stereocenters. The van der Waals surface area contributed by atoms with Crippen LogP contribution in [0.25, 0.3) is 0 Å². The zero-order valence-corrected chi connectivity index (χ0v) is 8.63. The van der Waals surface area contributed by atoms with Crippen molar-refractivity contribution in [2.75, 3.05) is 13.2 Å². The summed E-state index contributed by atoms with van der Waals surface area (Å²) in [5, 5.41) is 11.0. The molecule has 0 bridgehead atoms. The Morgan fingerprint density at radius 3 is 2.64 bits per heavy atom. The second-order valence-electron chi connectivity index (χ2n) is 3.65. The molecule has 1 saturated heterocycles. The van der Waals surface area contributed by atoms with Crippen molar-refractivity contribution < 1.29 is 9.84 Å². The van der Waals surface area contributed by atoms with E-state index in [0.717, 1.165) is 5.56 Å². The molecule has 1 aromatic rings. The van der Waals surface area contributed by atoms with Crippen LogP contribution in [0.4, 0.5) is 0 Å². The van der Waals surface area contributed by atoms with Crippen molar-refractivity contribution in [2.24, 2.45) is 0 Å². The third-order valence-electron chi connectivity index (χ3n) is 2.68. The Morgan fingerprint density at radius 2 is 2.00 bits per heavy atom. The van der Waals surface area contributed by atoms with E-state index in [0.29, 0.717) is 31.1 Å². The molecule has 0 amide bonds. The predicted molar refractivity (Wildman–Crippen MR) is 55.4 cm³/mol. The first-order valence-corrected chi connectivity index (χ1v) is 5.15. The molecule has 76 valence electrons. The average molecular weight is 213 g/mol. The molecule has 1 heterocycles. The summed E-state index contributed by atoms with van der Waals surface area (Å²) in [5.41, 5.74) is 0.150. The fourth-order valence-electron chi connectivity index (χ4n) is 1.78. The summed E-state index contributed by atoms with van der Waals surface area (Å²) in [6.45, 7) is 1.23. The van der Waals surface area contributed by atoms with Crippen LogP contribution in [0.5, 0.6) is 0 Å². The zero-order chi connectivity index (χ0) is 10.0. The summed E-state index contributed by atoms with van der Waals surface area (Å²) in [6, 6.07) is 7.42. The summed E-state index contributed by atoms with van der Waals surface area (Å²) in [4.78, 5) is 0. The van der Waals surface area contributed by atoms with Crippen molar-refractivity contribution in [2.45, 2.75) is 18.4 Å². The monoisotopic (exact) mass is 212 g/mol. The molecule has 1 aliphatic rings. The molecule has 1 aromatic carbocycles. The van der Waals surface area contributed by atoms with Gasteiger partial charge in [-0.25, -0.2) is 0 Å². The van der Waals surface area contributed by atoms with Gasteiger partial charge in [-0.3, -0.25) is 0 Å². The van der Waals surface area contributed by atoms with Gasteiger partial charge in [0, 0.05) is 31.1 Å². The predicted octanol–water partition coefficient (Wildman–Crippen LogP) is 2.34. The Balaban J connectivity index is 2.28. The Morgan fingerprint density at radius 1 is 1.29 bits per heavy atom. The maximum absolute atomic E-state index is 10.3. The normalized spacial score (nSPS) is 20.7. The fourth-order valence-corrected chi connectivity index (χ4v) is 1.97. The van der Waals surface area contributed by atoms with Crippen molar-refractivity contribution >= 4 is 11.6 Å². The van der Waals surface area contributed by atoms with E-state index in [9.17, 15) is 5.11 Å². The van der Waals surface area contributed by atoms with Crippen molar-refractivity contribution in [1.82, 2.24) is 0 Å². The van der Waals surface area contributed by atoms with E-state index >= 15 is 0 Å². The third kappa shape index (κ3) is 1.92. The molecule has 0 spiro atoms. The number of benzene rings is 1. The number of hydrogen-bond donors (Lipinski definition) is 1. The maximum Gasteiger partial charge on any atom is 0.0940 e. The van der Waals surface area contributed by atoms with E-state index in [2.05, 4.69) is 0 Å². The molecule has 1 fully saturated rings. The van der Waals surface area contributed by atoms with Gasteiger partial charge in [0.15, 0.2) is 0 Å². The molecule has 0 saturated carbocycles. The number of halogens is 1. The molecule has 1 aliphatic heterocycles. The highest BCUT2D eigenvalue weighted by molar-refractivity contribution is 6.30. The van der Waals surface area contributed by atoms with Crippen LogP contribution in [-0.4, -0.2) is 18.3 Å². The molecule has 3 heteroatoms. The zero-order valence-electron chi connectivity index (χ0n) is 7.87. The van der Waals surface area contributed by atoms with Gasteiger partial charge in [0.1, 0.15) is 0 Å². The van der Waals surface area contributed by atoms with Crippen LogP contribution >= 0.6 is 11.6 Å². The molecule has 2 nitrogen and oxygen atoms in total. The van der Waals surface area contributed by atoms with E-state index in [1.54, 1.807) is 0 Å². The second kappa shape index (κ2) is 3.89. The number of aliphatic hydroxyl groups is 1. The van der Waals surface area contributed by atoms with Gasteiger partial charge in [-0.1, -0.05) is 23.7 Å². The molecule has 14 heavy (non-hydrogen) atoms. The van der Waals surface area contributed by atoms with E-state index in [-0.39, 0.29) is 0 Å². The van der Waals surface area contributed by atoms with Crippen LogP contribution in [0.3, 0.4) is 0 Å². The van der Waals surface area contributed by atoms with E-state index < -0.39 is 5.60 Å². The van der Waals surface area contributed by atoms with Crippen LogP contribution in [0.2, 0.25) is 5.02 Å². The minimum atomic E-state index is -0.747. The minimum absolute atomic E-state index is 0.614. The van der Waals surface area contributed by atoms with Crippen molar-refractivity contribution in [1.29, 1.82) is 0 Å². The van der Waals surface area contributed by atoms with Gasteiger partial charge in [0.25, 0.3) is 0 Å². The Hall–Kier alpha value is -0.570. The topological polar surface area (TPSA) is 29.5 Å². The van der Waals surface area contributed by atoms with Gasteiger partial charge in [-0.15, -0.1) is 0 Å². The van der Waals surface area contributed by atoms with Gasteiger partial charge in [-0.2, -0.15) is 0 Å². The van der Waals surface area contributed by atoms with Crippen molar-refractivity contribution in [3.05, 3.63) is 34.9 Å². The highest BCUT2D eigenvalue weighted by Gasteiger charge is 2.31. The SMILES string of the molecule is OC1(c2cccc(Cl)c2)CCOCC1. The lowest BCUT2D eigenvalue weighted by atomic mass is 9.87. The molecule has 1 N–H and O–H groups in total. The van der Waals surface area contributed by atoms with Gasteiger partial charge in [0.05, 0.1) is 5.60 Å². The quantitative estimate of drug-likeness (QED) is 0.775. The van der Waals surface area contributed by atoms with Crippen LogP contribution in [0.1, 0.15) is 18.4 Å². The van der Waals surface area contributed by atoms with Crippen LogP contribution in [0.15, 0.2) is 24.3 Å². The smallest absolute Gasteiger partial charge is 0.0940 e. The first-order chi connectivity index (χ1) is 6.71. The lowest BCUT2D eigenvalue weighted by Crippen LogP contribution is -2.33. The standard InChI is InChI=1S/C11H13ClO2/c12-10-3-1-2-9(8-10)11(13)4-6-14-7-5-11/h1-3,8,13H,4-7H2. The average Bonchev–Trinajstić information content (AvgIpc) is 2.19. The molecular formula is C11H13ClO2. The van der Waals surface area contributed by atoms with Gasteiger partial charge in [-0.05, 0) is 17.7 Å². The fraction of sp³-hybridized carbons (Fsp3) is 0.455. The molecule has 0 radical (unpaired) electrons. The van der Waals surface area contributed by atoms with Crippen LogP contribution < -0.4 is 0 Å². The summed E-state index contributed by atoms with van der Waals surface area (Å²) in [5.74, 6) is 0. The van der Waals surface area contributed by atoms with E-state index in [1.807, 2.05) is 24.3 Å². The number of rotatable bonds is 1. The summed E-state index contributed by atoms with van der Waals surface area (Å²) < 4.78 is 5.22. The van der Waals surface area contributed by atoms with Crippen LogP contribution in [0, 0.1) is 0 Å². The largest absolute Gasteiger partial charge is 0.385 e. The summed E-state index contributed by atoms with van der Waals surface area (Å²) in [6.07, 6.45) is 1.29. The minimum Gasteiger partial charge on any atom is -0.385 e. The Bertz CT molecular complexity index is 319. The van der Waals surface area contributed by atoms with Gasteiger partial charge < -0.3 is 9.84 Å². The lowest BCUT2D eigenvalue weighted by Gasteiger charge is -2.32. The first kappa shape index (κ1) is 9.97. The molecule has 0 aliphatic carbocycles. The molecule has 0 aromatic heterocycles. The van der Waals surface area contributed by atoms with Crippen LogP contribution in [-0.2, 0) is 10.3 Å². The van der Waals surface area contributed by atoms with Gasteiger partial charge in [0.2, 0.25) is 0 Å². The number of hydrogen-bond acceptors (Lipinski definition) is 2. The molecule has 2 rings (SSSR count). The van der Waals surface area contributed by atoms with Crippen molar-refractivity contribution in [3.63, 3.8) is 0 Å². The highest BCUT2D eigenvalue weighted by Crippen LogP contribution is 2.32. The van der Waals surface area contributed by atoms with E-state index in [4.69, 9.17) is 16.3 Å². The number of ether oxygens (including phenoxy) is 1. The Labute approximate surface area is 88.5 Å². The first-order valence-electron chi connectivity index (χ1n) is 4.77. The summed E-state index contributed by atoms with van der Waals surface area (Å²) >= 11 is 5.88. The van der Waals surface area contributed by atoms with E-state index in [1.165, 1.54) is 0 Å².